The average Bonchev–Trinajstić information content (AvgIpc) is 2.74. The minimum absolute atomic E-state index is 0.0248. The highest BCUT2D eigenvalue weighted by Gasteiger charge is 2.13. The van der Waals surface area contributed by atoms with Gasteiger partial charge in [0, 0.05) is 21.4 Å². The first kappa shape index (κ1) is 14.6. The van der Waals surface area contributed by atoms with E-state index in [1.807, 2.05) is 12.1 Å². The van der Waals surface area contributed by atoms with Gasteiger partial charge in [-0.15, -0.1) is 11.3 Å². The van der Waals surface area contributed by atoms with E-state index in [1.165, 1.54) is 16.2 Å². The highest BCUT2D eigenvalue weighted by Crippen LogP contribution is 2.17. The zero-order valence-corrected chi connectivity index (χ0v) is 12.3. The zero-order valence-electron chi connectivity index (χ0n) is 10.7. The molecule has 4 heteroatoms. The summed E-state index contributed by atoms with van der Waals surface area (Å²) in [5, 5.41) is 0. The highest BCUT2D eigenvalue weighted by molar-refractivity contribution is 7.85. The van der Waals surface area contributed by atoms with E-state index in [9.17, 15) is 9.00 Å². The lowest BCUT2D eigenvalue weighted by atomic mass is 10.2. The molecular formula is C13H20O2S2. The van der Waals surface area contributed by atoms with Gasteiger partial charge < -0.3 is 0 Å². The SMILES string of the molecule is CCc1ccc(C(=O)CS(=O)CCC(C)C)s1. The van der Waals surface area contributed by atoms with Gasteiger partial charge in [0.05, 0.1) is 10.6 Å². The molecule has 17 heavy (non-hydrogen) atoms. The van der Waals surface area contributed by atoms with Crippen LogP contribution in [0, 0.1) is 5.92 Å². The number of ketones is 1. The smallest absolute Gasteiger partial charge is 0.185 e. The first-order chi connectivity index (χ1) is 8.02. The Bertz CT molecular complexity index is 394. The summed E-state index contributed by atoms with van der Waals surface area (Å²) in [6.07, 6.45) is 1.87. The third-order valence-corrected chi connectivity index (χ3v) is 5.05. The lowest BCUT2D eigenvalue weighted by molar-refractivity contribution is 0.102. The molecule has 0 saturated carbocycles. The molecule has 0 spiro atoms. The summed E-state index contributed by atoms with van der Waals surface area (Å²) in [5.41, 5.74) is 0. The van der Waals surface area contributed by atoms with Gasteiger partial charge in [0.2, 0.25) is 0 Å². The average molecular weight is 272 g/mol. The van der Waals surface area contributed by atoms with Crippen molar-refractivity contribution in [2.75, 3.05) is 11.5 Å². The number of carbonyl (C=O) groups excluding carboxylic acids is 1. The number of thiophene rings is 1. The number of hydrogen-bond donors (Lipinski definition) is 0. The molecule has 0 aliphatic carbocycles. The minimum Gasteiger partial charge on any atom is -0.292 e. The molecule has 1 rings (SSSR count). The van der Waals surface area contributed by atoms with Gasteiger partial charge in [-0.05, 0) is 30.9 Å². The van der Waals surface area contributed by atoms with E-state index in [2.05, 4.69) is 20.8 Å². The monoisotopic (exact) mass is 272 g/mol. The maximum absolute atomic E-state index is 11.8. The Kier molecular flexibility index (Phi) is 6.06. The van der Waals surface area contributed by atoms with E-state index in [-0.39, 0.29) is 11.5 Å². The van der Waals surface area contributed by atoms with Crippen LogP contribution in [0.5, 0.6) is 0 Å². The maximum atomic E-state index is 11.8. The minimum atomic E-state index is -1.01. The molecule has 0 N–H and O–H groups in total. The van der Waals surface area contributed by atoms with Crippen molar-refractivity contribution >= 4 is 27.9 Å². The summed E-state index contributed by atoms with van der Waals surface area (Å²) < 4.78 is 11.7. The van der Waals surface area contributed by atoms with Gasteiger partial charge in [-0.25, -0.2) is 0 Å². The molecule has 0 bridgehead atoms. The van der Waals surface area contributed by atoms with Crippen LogP contribution in [-0.2, 0) is 17.2 Å². The fourth-order valence-corrected chi connectivity index (χ4v) is 3.68. The topological polar surface area (TPSA) is 34.1 Å². The van der Waals surface area contributed by atoms with Gasteiger partial charge in [0.15, 0.2) is 5.78 Å². The van der Waals surface area contributed by atoms with Crippen LogP contribution < -0.4 is 0 Å². The Labute approximate surface area is 110 Å². The second kappa shape index (κ2) is 7.07. The van der Waals surface area contributed by atoms with Crippen molar-refractivity contribution in [1.82, 2.24) is 0 Å². The summed E-state index contributed by atoms with van der Waals surface area (Å²) in [7, 11) is -1.01. The second-order valence-corrected chi connectivity index (χ2v) is 7.26. The van der Waals surface area contributed by atoms with Crippen LogP contribution in [0.15, 0.2) is 12.1 Å². The van der Waals surface area contributed by atoms with E-state index in [4.69, 9.17) is 0 Å². The maximum Gasteiger partial charge on any atom is 0.185 e. The molecule has 0 saturated heterocycles. The highest BCUT2D eigenvalue weighted by atomic mass is 32.2. The molecule has 96 valence electrons. The second-order valence-electron chi connectivity index (χ2n) is 4.51. The molecule has 1 aromatic rings. The Balaban J connectivity index is 2.46. The molecule has 0 aromatic carbocycles. The largest absolute Gasteiger partial charge is 0.292 e. The van der Waals surface area contributed by atoms with Crippen LogP contribution >= 0.6 is 11.3 Å². The van der Waals surface area contributed by atoms with Crippen LogP contribution in [0.25, 0.3) is 0 Å². The van der Waals surface area contributed by atoms with E-state index in [0.717, 1.165) is 17.7 Å². The molecule has 0 amide bonds. The summed E-state index contributed by atoms with van der Waals surface area (Å²) in [4.78, 5) is 13.8. The molecular weight excluding hydrogens is 252 g/mol. The predicted octanol–water partition coefficient (Wildman–Crippen LogP) is 3.29. The molecule has 0 radical (unpaired) electrons. The first-order valence-corrected chi connectivity index (χ1v) is 8.30. The number of carbonyl (C=O) groups is 1. The normalized spacial score (nSPS) is 12.9. The van der Waals surface area contributed by atoms with Crippen molar-refractivity contribution < 1.29 is 9.00 Å². The van der Waals surface area contributed by atoms with Gasteiger partial charge in [-0.3, -0.25) is 9.00 Å². The van der Waals surface area contributed by atoms with E-state index in [1.54, 1.807) is 0 Å². The van der Waals surface area contributed by atoms with E-state index >= 15 is 0 Å². The summed E-state index contributed by atoms with van der Waals surface area (Å²) >= 11 is 1.52. The summed E-state index contributed by atoms with van der Waals surface area (Å²) in [6.45, 7) is 6.28. The van der Waals surface area contributed by atoms with Crippen molar-refractivity contribution in [3.8, 4) is 0 Å². The van der Waals surface area contributed by atoms with Crippen molar-refractivity contribution in [2.45, 2.75) is 33.6 Å². The van der Waals surface area contributed by atoms with Crippen molar-refractivity contribution in [1.29, 1.82) is 0 Å². The zero-order chi connectivity index (χ0) is 12.8. The first-order valence-electron chi connectivity index (χ1n) is 5.99. The third-order valence-electron chi connectivity index (χ3n) is 2.50. The Morgan fingerprint density at radius 2 is 2.12 bits per heavy atom. The van der Waals surface area contributed by atoms with Crippen LogP contribution in [0.3, 0.4) is 0 Å². The van der Waals surface area contributed by atoms with E-state index < -0.39 is 10.8 Å². The Morgan fingerprint density at radius 1 is 1.41 bits per heavy atom. The van der Waals surface area contributed by atoms with Crippen molar-refractivity contribution in [3.63, 3.8) is 0 Å². The Hall–Kier alpha value is -0.480. The van der Waals surface area contributed by atoms with Gasteiger partial charge in [0.1, 0.15) is 0 Å². The van der Waals surface area contributed by atoms with Crippen LogP contribution in [0.1, 0.15) is 41.7 Å². The van der Waals surface area contributed by atoms with Crippen LogP contribution in [0.2, 0.25) is 0 Å². The number of Topliss-reactive ketones (excluding diaryl/α,β-unsaturated/α-hetero) is 1. The molecule has 0 fully saturated rings. The predicted molar refractivity (Wildman–Crippen MR) is 75.4 cm³/mol. The fraction of sp³-hybridized carbons (Fsp3) is 0.615. The summed E-state index contributed by atoms with van der Waals surface area (Å²) in [5.74, 6) is 1.38. The van der Waals surface area contributed by atoms with Crippen LogP contribution in [-0.4, -0.2) is 21.5 Å². The third kappa shape index (κ3) is 5.13. The molecule has 0 aliphatic rings. The van der Waals surface area contributed by atoms with Crippen molar-refractivity contribution in [3.05, 3.63) is 21.9 Å². The quantitative estimate of drug-likeness (QED) is 0.714. The summed E-state index contributed by atoms with van der Waals surface area (Å²) in [6, 6.07) is 3.83. The number of aryl methyl sites for hydroxylation is 1. The van der Waals surface area contributed by atoms with Gasteiger partial charge in [-0.1, -0.05) is 20.8 Å². The number of hydrogen-bond acceptors (Lipinski definition) is 3. The molecule has 0 aliphatic heterocycles. The molecule has 1 heterocycles. The number of rotatable bonds is 7. The lowest BCUT2D eigenvalue weighted by Gasteiger charge is -2.03. The van der Waals surface area contributed by atoms with E-state index in [0.29, 0.717) is 11.7 Å². The lowest BCUT2D eigenvalue weighted by Crippen LogP contribution is -2.13. The molecule has 1 unspecified atom stereocenters. The van der Waals surface area contributed by atoms with Crippen molar-refractivity contribution in [2.24, 2.45) is 5.92 Å². The van der Waals surface area contributed by atoms with Crippen LogP contribution in [0.4, 0.5) is 0 Å². The van der Waals surface area contributed by atoms with Gasteiger partial charge in [-0.2, -0.15) is 0 Å². The van der Waals surface area contributed by atoms with Gasteiger partial charge >= 0.3 is 0 Å². The molecule has 2 nitrogen and oxygen atoms in total. The molecule has 1 aromatic heterocycles. The molecule has 1 atom stereocenters. The standard InChI is InChI=1S/C13H20O2S2/c1-4-11-5-6-13(16-11)12(14)9-17(15)8-7-10(2)3/h5-6,10H,4,7-9H2,1-3H3. The van der Waals surface area contributed by atoms with Gasteiger partial charge in [0.25, 0.3) is 0 Å². The Morgan fingerprint density at radius 3 is 2.65 bits per heavy atom. The fourth-order valence-electron chi connectivity index (χ4n) is 1.37.